The smallest absolute Gasteiger partial charge is 0.271 e. The molecule has 3 N–H and O–H groups in total. The molecule has 21 heavy (non-hydrogen) atoms. The molecule has 0 spiro atoms. The quantitative estimate of drug-likeness (QED) is 0.445. The van der Waals surface area contributed by atoms with E-state index < -0.39 is 18.0 Å². The van der Waals surface area contributed by atoms with Crippen LogP contribution in [0, 0.1) is 15.4 Å². The molecule has 0 amide bonds. The molecule has 2 rings (SSSR count). The van der Waals surface area contributed by atoms with Gasteiger partial charge in [0.25, 0.3) is 0 Å². The fourth-order valence-electron chi connectivity index (χ4n) is 3.26. The van der Waals surface area contributed by atoms with Crippen LogP contribution in [-0.2, 0) is 6.42 Å². The van der Waals surface area contributed by atoms with Gasteiger partial charge < -0.3 is 0 Å². The summed E-state index contributed by atoms with van der Waals surface area (Å²) in [6, 6.07) is 7.50. The molecule has 0 bridgehead atoms. The average Bonchev–Trinajstić information content (AvgIpc) is 2.46. The number of alkyl halides is 3. The summed E-state index contributed by atoms with van der Waals surface area (Å²) in [4.78, 5) is 0. The highest BCUT2D eigenvalue weighted by Gasteiger charge is 2.47. The van der Waals surface area contributed by atoms with Gasteiger partial charge in [0.2, 0.25) is 0 Å². The van der Waals surface area contributed by atoms with Crippen molar-refractivity contribution in [3.8, 4) is 0 Å². The summed E-state index contributed by atoms with van der Waals surface area (Å²) in [5, 5.41) is 0. The Bertz CT molecular complexity index is 447. The molecule has 1 aliphatic carbocycles. The Labute approximate surface area is 136 Å². The van der Waals surface area contributed by atoms with E-state index in [-0.39, 0.29) is 12.5 Å². The molecule has 2 nitrogen and oxygen atoms in total. The van der Waals surface area contributed by atoms with Crippen LogP contribution in [0.15, 0.2) is 24.3 Å². The Balaban J connectivity index is 2.12. The molecule has 1 saturated carbocycles. The van der Waals surface area contributed by atoms with Crippen molar-refractivity contribution in [2.75, 3.05) is 0 Å². The van der Waals surface area contributed by atoms with Crippen LogP contribution in [0.5, 0.6) is 0 Å². The van der Waals surface area contributed by atoms with Gasteiger partial charge >= 0.3 is 6.18 Å². The second kappa shape index (κ2) is 7.28. The number of nitrogens with two attached hydrogens (primary N) is 1. The Kier molecular flexibility index (Phi) is 5.90. The lowest BCUT2D eigenvalue weighted by Gasteiger charge is -2.38. The van der Waals surface area contributed by atoms with Crippen LogP contribution in [-0.4, -0.2) is 12.2 Å². The van der Waals surface area contributed by atoms with E-state index in [1.165, 1.54) is 0 Å². The third-order valence-electron chi connectivity index (χ3n) is 4.34. The number of hydrogen-bond donors (Lipinski definition) is 2. The lowest BCUT2D eigenvalue weighted by atomic mass is 9.73. The number of hydrazine groups is 1. The number of nitrogens with one attached hydrogen (secondary N) is 1. The minimum Gasteiger partial charge on any atom is -0.271 e. The molecule has 1 aromatic carbocycles. The van der Waals surface area contributed by atoms with Crippen LogP contribution < -0.4 is 11.3 Å². The molecule has 6 heteroatoms. The fourth-order valence-corrected chi connectivity index (χ4v) is 3.62. The second-order valence-corrected chi connectivity index (χ2v) is 6.95. The molecular formula is C15H20F3IN2. The number of halogens is 4. The van der Waals surface area contributed by atoms with Gasteiger partial charge in [-0.25, -0.2) is 0 Å². The summed E-state index contributed by atoms with van der Waals surface area (Å²) in [5.41, 5.74) is 3.65. The van der Waals surface area contributed by atoms with Crippen LogP contribution in [0.1, 0.15) is 31.2 Å². The predicted molar refractivity (Wildman–Crippen MR) is 85.5 cm³/mol. The molecule has 1 fully saturated rings. The molecule has 118 valence electrons. The van der Waals surface area contributed by atoms with Gasteiger partial charge in [0.05, 0.1) is 5.92 Å². The zero-order chi connectivity index (χ0) is 15.5. The van der Waals surface area contributed by atoms with Crippen molar-refractivity contribution in [3.05, 3.63) is 33.4 Å². The molecule has 0 saturated heterocycles. The third kappa shape index (κ3) is 4.56. The summed E-state index contributed by atoms with van der Waals surface area (Å²) in [5.74, 6) is 3.89. The lowest BCUT2D eigenvalue weighted by Crippen LogP contribution is -2.49. The average molecular weight is 412 g/mol. The van der Waals surface area contributed by atoms with Crippen molar-refractivity contribution < 1.29 is 13.2 Å². The van der Waals surface area contributed by atoms with Crippen LogP contribution in [0.4, 0.5) is 13.2 Å². The molecule has 1 aromatic rings. The normalized spacial score (nSPS) is 24.8. The predicted octanol–water partition coefficient (Wildman–Crippen LogP) is 4.03. The van der Waals surface area contributed by atoms with Gasteiger partial charge in [-0.2, -0.15) is 13.2 Å². The van der Waals surface area contributed by atoms with Gasteiger partial charge in [0.15, 0.2) is 0 Å². The van der Waals surface area contributed by atoms with Gasteiger partial charge in [-0.3, -0.25) is 11.3 Å². The maximum atomic E-state index is 13.2. The molecule has 0 heterocycles. The van der Waals surface area contributed by atoms with Gasteiger partial charge in [-0.1, -0.05) is 25.0 Å². The maximum Gasteiger partial charge on any atom is 0.392 e. The van der Waals surface area contributed by atoms with E-state index in [0.717, 1.165) is 15.6 Å². The first-order valence-electron chi connectivity index (χ1n) is 7.19. The van der Waals surface area contributed by atoms with Gasteiger partial charge in [0, 0.05) is 9.61 Å². The standard InChI is InChI=1S/C15H20F3IN2/c16-15(17,18)13-4-2-1-3-12(13)14(21-20)9-10-5-7-11(19)8-6-10/h5-8,12-14,21H,1-4,9,20H2. The van der Waals surface area contributed by atoms with Crippen LogP contribution in [0.25, 0.3) is 0 Å². The highest BCUT2D eigenvalue weighted by Crippen LogP contribution is 2.43. The number of benzene rings is 1. The number of rotatable bonds is 4. The second-order valence-electron chi connectivity index (χ2n) is 5.70. The molecule has 0 aromatic heterocycles. The third-order valence-corrected chi connectivity index (χ3v) is 5.06. The first-order chi connectivity index (χ1) is 9.91. The topological polar surface area (TPSA) is 38.0 Å². The summed E-state index contributed by atoms with van der Waals surface area (Å²) >= 11 is 2.21. The Morgan fingerprint density at radius 2 is 1.81 bits per heavy atom. The SMILES string of the molecule is NNC(Cc1ccc(I)cc1)C1CCCCC1C(F)(F)F. The largest absolute Gasteiger partial charge is 0.392 e. The van der Waals surface area contributed by atoms with E-state index in [1.807, 2.05) is 24.3 Å². The maximum absolute atomic E-state index is 13.2. The van der Waals surface area contributed by atoms with E-state index >= 15 is 0 Å². The van der Waals surface area contributed by atoms with Gasteiger partial charge in [0.1, 0.15) is 0 Å². The summed E-state index contributed by atoms with van der Waals surface area (Å²) in [7, 11) is 0. The first kappa shape index (κ1) is 17.0. The van der Waals surface area contributed by atoms with Crippen molar-refractivity contribution >= 4 is 22.6 Å². The van der Waals surface area contributed by atoms with E-state index in [4.69, 9.17) is 5.84 Å². The summed E-state index contributed by atoms with van der Waals surface area (Å²) in [6.45, 7) is 0. The number of hydrogen-bond acceptors (Lipinski definition) is 2. The highest BCUT2D eigenvalue weighted by molar-refractivity contribution is 14.1. The monoisotopic (exact) mass is 412 g/mol. The minimum absolute atomic E-state index is 0.221. The fraction of sp³-hybridized carbons (Fsp3) is 0.600. The first-order valence-corrected chi connectivity index (χ1v) is 8.27. The van der Waals surface area contributed by atoms with E-state index in [0.29, 0.717) is 19.3 Å². The van der Waals surface area contributed by atoms with Crippen molar-refractivity contribution in [2.45, 2.75) is 44.3 Å². The van der Waals surface area contributed by atoms with E-state index in [1.54, 1.807) is 0 Å². The lowest BCUT2D eigenvalue weighted by molar-refractivity contribution is -0.199. The van der Waals surface area contributed by atoms with E-state index in [9.17, 15) is 13.2 Å². The highest BCUT2D eigenvalue weighted by atomic mass is 127. The molecule has 0 aliphatic heterocycles. The van der Waals surface area contributed by atoms with Crippen molar-refractivity contribution in [1.82, 2.24) is 5.43 Å². The van der Waals surface area contributed by atoms with Gasteiger partial charge in [-0.15, -0.1) is 0 Å². The van der Waals surface area contributed by atoms with Crippen molar-refractivity contribution in [3.63, 3.8) is 0 Å². The Morgan fingerprint density at radius 3 is 2.38 bits per heavy atom. The van der Waals surface area contributed by atoms with Crippen molar-refractivity contribution in [2.24, 2.45) is 17.7 Å². The minimum atomic E-state index is -4.13. The Morgan fingerprint density at radius 1 is 1.19 bits per heavy atom. The zero-order valence-corrected chi connectivity index (χ0v) is 13.8. The summed E-state index contributed by atoms with van der Waals surface area (Å²) in [6.07, 6.45) is -1.29. The molecule has 0 radical (unpaired) electrons. The molecule has 3 unspecified atom stereocenters. The summed E-state index contributed by atoms with van der Waals surface area (Å²) < 4.78 is 40.7. The van der Waals surface area contributed by atoms with Crippen molar-refractivity contribution in [1.29, 1.82) is 0 Å². The molecule has 3 atom stereocenters. The van der Waals surface area contributed by atoms with Gasteiger partial charge in [-0.05, 0) is 65.5 Å². The van der Waals surface area contributed by atoms with Crippen LogP contribution in [0.3, 0.4) is 0 Å². The van der Waals surface area contributed by atoms with E-state index in [2.05, 4.69) is 28.0 Å². The molecule has 1 aliphatic rings. The van der Waals surface area contributed by atoms with Crippen LogP contribution in [0.2, 0.25) is 0 Å². The Hall–Kier alpha value is -0.340. The zero-order valence-electron chi connectivity index (χ0n) is 11.7. The molecular weight excluding hydrogens is 392 g/mol. The van der Waals surface area contributed by atoms with Crippen LogP contribution >= 0.6 is 22.6 Å².